The van der Waals surface area contributed by atoms with E-state index in [0.29, 0.717) is 35.2 Å². The molecule has 0 aliphatic carbocycles. The number of fused-ring (bicyclic) bond motifs is 1. The Kier molecular flexibility index (Phi) is 5.38. The SMILES string of the molecule is COCCn1c(=NC(=O)c2cc(C)on2)sc2c(OC)ccc(OC)c21. The molecule has 0 aliphatic rings. The summed E-state index contributed by atoms with van der Waals surface area (Å²) in [6.07, 6.45) is 0. The maximum Gasteiger partial charge on any atom is 0.301 e. The molecular weight excluding hydrogens is 358 g/mol. The first-order valence-corrected chi connectivity index (χ1v) is 8.66. The van der Waals surface area contributed by atoms with Crippen LogP contribution in [0.1, 0.15) is 16.2 Å². The minimum absolute atomic E-state index is 0.164. The van der Waals surface area contributed by atoms with E-state index in [1.807, 2.05) is 16.7 Å². The van der Waals surface area contributed by atoms with Gasteiger partial charge in [-0.05, 0) is 19.1 Å². The molecule has 9 heteroatoms. The molecule has 0 atom stereocenters. The van der Waals surface area contributed by atoms with Gasteiger partial charge in [0, 0.05) is 19.7 Å². The van der Waals surface area contributed by atoms with Crippen molar-refractivity contribution in [3.63, 3.8) is 0 Å². The first kappa shape index (κ1) is 18.2. The van der Waals surface area contributed by atoms with Crippen LogP contribution in [0.25, 0.3) is 10.2 Å². The van der Waals surface area contributed by atoms with Crippen molar-refractivity contribution in [2.75, 3.05) is 27.9 Å². The van der Waals surface area contributed by atoms with Crippen LogP contribution in [0.4, 0.5) is 0 Å². The van der Waals surface area contributed by atoms with Crippen LogP contribution in [0.2, 0.25) is 0 Å². The molecule has 0 saturated heterocycles. The molecule has 0 unspecified atom stereocenters. The van der Waals surface area contributed by atoms with E-state index in [2.05, 4.69) is 10.1 Å². The first-order valence-electron chi connectivity index (χ1n) is 7.84. The smallest absolute Gasteiger partial charge is 0.301 e. The van der Waals surface area contributed by atoms with Crippen LogP contribution >= 0.6 is 11.3 Å². The maximum absolute atomic E-state index is 12.4. The van der Waals surface area contributed by atoms with E-state index in [4.69, 9.17) is 18.7 Å². The van der Waals surface area contributed by atoms with Gasteiger partial charge >= 0.3 is 5.91 Å². The van der Waals surface area contributed by atoms with Crippen molar-refractivity contribution < 1.29 is 23.5 Å². The van der Waals surface area contributed by atoms with Crippen molar-refractivity contribution in [3.8, 4) is 11.5 Å². The summed E-state index contributed by atoms with van der Waals surface area (Å²) in [7, 11) is 4.81. The molecular formula is C17H19N3O5S. The van der Waals surface area contributed by atoms with Gasteiger partial charge in [-0.3, -0.25) is 4.79 Å². The molecule has 0 radical (unpaired) electrons. The van der Waals surface area contributed by atoms with Gasteiger partial charge in [-0.2, -0.15) is 4.99 Å². The number of rotatable bonds is 6. The van der Waals surface area contributed by atoms with Gasteiger partial charge in [0.25, 0.3) is 0 Å². The lowest BCUT2D eigenvalue weighted by Gasteiger charge is -2.09. The van der Waals surface area contributed by atoms with Crippen molar-refractivity contribution >= 4 is 27.5 Å². The molecule has 1 aromatic carbocycles. The van der Waals surface area contributed by atoms with Crippen LogP contribution < -0.4 is 14.3 Å². The Bertz CT molecular complexity index is 1000. The molecule has 2 aromatic heterocycles. The summed E-state index contributed by atoms with van der Waals surface area (Å²) in [5.41, 5.74) is 0.967. The second-order valence-electron chi connectivity index (χ2n) is 5.42. The molecule has 0 fully saturated rings. The predicted octanol–water partition coefficient (Wildman–Crippen LogP) is 2.40. The fraction of sp³-hybridized carbons (Fsp3) is 0.353. The number of hydrogen-bond donors (Lipinski definition) is 0. The number of carbonyl (C=O) groups excluding carboxylic acids is 1. The summed E-state index contributed by atoms with van der Waals surface area (Å²) in [5.74, 6) is 1.43. The van der Waals surface area contributed by atoms with E-state index in [9.17, 15) is 4.79 Å². The number of ether oxygens (including phenoxy) is 3. The number of methoxy groups -OCH3 is 3. The van der Waals surface area contributed by atoms with E-state index in [0.717, 1.165) is 10.2 Å². The number of aryl methyl sites for hydroxylation is 1. The molecule has 0 spiro atoms. The van der Waals surface area contributed by atoms with Crippen LogP contribution in [0.5, 0.6) is 11.5 Å². The lowest BCUT2D eigenvalue weighted by atomic mass is 10.3. The second-order valence-corrected chi connectivity index (χ2v) is 6.39. The maximum atomic E-state index is 12.4. The molecule has 1 amide bonds. The molecule has 0 bridgehead atoms. The van der Waals surface area contributed by atoms with Gasteiger partial charge in [0.15, 0.2) is 10.5 Å². The van der Waals surface area contributed by atoms with E-state index in [1.54, 1.807) is 34.3 Å². The van der Waals surface area contributed by atoms with E-state index in [-0.39, 0.29) is 5.69 Å². The normalized spacial score (nSPS) is 11.9. The van der Waals surface area contributed by atoms with Gasteiger partial charge in [-0.1, -0.05) is 16.5 Å². The largest absolute Gasteiger partial charge is 0.495 e. The molecule has 0 N–H and O–H groups in total. The Morgan fingerprint density at radius 2 is 2.00 bits per heavy atom. The van der Waals surface area contributed by atoms with E-state index in [1.165, 1.54) is 11.3 Å². The average molecular weight is 377 g/mol. The zero-order chi connectivity index (χ0) is 18.7. The molecule has 2 heterocycles. The van der Waals surface area contributed by atoms with Gasteiger partial charge in [-0.25, -0.2) is 0 Å². The Balaban J connectivity index is 2.23. The van der Waals surface area contributed by atoms with E-state index >= 15 is 0 Å². The zero-order valence-electron chi connectivity index (χ0n) is 14.9. The summed E-state index contributed by atoms with van der Waals surface area (Å²) in [4.78, 5) is 17.2. The number of carbonyl (C=O) groups is 1. The minimum Gasteiger partial charge on any atom is -0.495 e. The van der Waals surface area contributed by atoms with Crippen molar-refractivity contribution in [1.29, 1.82) is 0 Å². The van der Waals surface area contributed by atoms with Gasteiger partial charge in [0.05, 0.1) is 20.8 Å². The van der Waals surface area contributed by atoms with Gasteiger partial charge in [-0.15, -0.1) is 0 Å². The predicted molar refractivity (Wildman–Crippen MR) is 95.9 cm³/mol. The van der Waals surface area contributed by atoms with Crippen LogP contribution in [-0.2, 0) is 11.3 Å². The molecule has 138 valence electrons. The molecule has 0 aliphatic heterocycles. The average Bonchev–Trinajstić information content (AvgIpc) is 3.23. The summed E-state index contributed by atoms with van der Waals surface area (Å²) < 4.78 is 23.8. The van der Waals surface area contributed by atoms with Crippen LogP contribution in [-0.4, -0.2) is 43.6 Å². The fourth-order valence-corrected chi connectivity index (χ4v) is 3.70. The minimum atomic E-state index is -0.475. The third kappa shape index (κ3) is 3.35. The van der Waals surface area contributed by atoms with Gasteiger partial charge in [0.2, 0.25) is 0 Å². The third-order valence-corrected chi connectivity index (χ3v) is 4.85. The Morgan fingerprint density at radius 1 is 1.27 bits per heavy atom. The van der Waals surface area contributed by atoms with Gasteiger partial charge in [0.1, 0.15) is 27.5 Å². The fourth-order valence-electron chi connectivity index (χ4n) is 2.54. The molecule has 26 heavy (non-hydrogen) atoms. The van der Waals surface area contributed by atoms with E-state index < -0.39 is 5.91 Å². The van der Waals surface area contributed by atoms with Crippen molar-refractivity contribution in [2.24, 2.45) is 4.99 Å². The highest BCUT2D eigenvalue weighted by Crippen LogP contribution is 2.35. The number of amides is 1. The third-order valence-electron chi connectivity index (χ3n) is 3.76. The Labute approximate surface area is 153 Å². The summed E-state index contributed by atoms with van der Waals surface area (Å²) in [6.45, 7) is 2.68. The Morgan fingerprint density at radius 3 is 2.62 bits per heavy atom. The van der Waals surface area contributed by atoms with Crippen molar-refractivity contribution in [1.82, 2.24) is 9.72 Å². The standard InChI is InChI=1S/C17H19N3O5S/c1-10-9-11(19-25-10)16(21)18-17-20(7-8-22-2)14-12(23-3)5-6-13(24-4)15(14)26-17/h5-6,9H,7-8H2,1-4H3. The topological polar surface area (TPSA) is 88.1 Å². The highest BCUT2D eigenvalue weighted by atomic mass is 32.1. The lowest BCUT2D eigenvalue weighted by Crippen LogP contribution is -2.19. The molecule has 0 saturated carbocycles. The number of hydrogen-bond acceptors (Lipinski definition) is 7. The summed E-state index contributed by atoms with van der Waals surface area (Å²) in [5, 5.41) is 3.73. The van der Waals surface area contributed by atoms with Crippen LogP contribution in [0.3, 0.4) is 0 Å². The number of nitrogens with zero attached hydrogens (tertiary/aromatic N) is 3. The second kappa shape index (κ2) is 7.71. The molecule has 8 nitrogen and oxygen atoms in total. The Hall–Kier alpha value is -2.65. The lowest BCUT2D eigenvalue weighted by molar-refractivity contribution is 0.0988. The number of aromatic nitrogens is 2. The number of benzene rings is 1. The zero-order valence-corrected chi connectivity index (χ0v) is 15.8. The first-order chi connectivity index (χ1) is 12.6. The number of thiazole rings is 1. The van der Waals surface area contributed by atoms with Crippen molar-refractivity contribution in [2.45, 2.75) is 13.5 Å². The highest BCUT2D eigenvalue weighted by molar-refractivity contribution is 7.16. The van der Waals surface area contributed by atoms with Crippen molar-refractivity contribution in [3.05, 3.63) is 34.5 Å². The summed E-state index contributed by atoms with van der Waals surface area (Å²) in [6, 6.07) is 5.20. The quantitative estimate of drug-likeness (QED) is 0.655. The monoisotopic (exact) mass is 377 g/mol. The van der Waals surface area contributed by atoms with Crippen LogP contribution in [0.15, 0.2) is 27.7 Å². The van der Waals surface area contributed by atoms with Crippen LogP contribution in [0, 0.1) is 6.92 Å². The summed E-state index contributed by atoms with van der Waals surface area (Å²) >= 11 is 1.34. The highest BCUT2D eigenvalue weighted by Gasteiger charge is 2.17. The van der Waals surface area contributed by atoms with Gasteiger partial charge < -0.3 is 23.3 Å². The molecule has 3 rings (SSSR count). The molecule has 3 aromatic rings.